The third-order valence-corrected chi connectivity index (χ3v) is 6.10. The van der Waals surface area contributed by atoms with Crippen molar-refractivity contribution >= 4 is 39.8 Å². The van der Waals surface area contributed by atoms with Crippen LogP contribution in [0.5, 0.6) is 0 Å². The highest BCUT2D eigenvalue weighted by atomic mass is 35.5. The van der Waals surface area contributed by atoms with Crippen LogP contribution >= 0.6 is 11.6 Å². The van der Waals surface area contributed by atoms with E-state index in [1.165, 1.54) is 5.69 Å². The molecule has 0 unspecified atom stereocenters. The van der Waals surface area contributed by atoms with E-state index in [4.69, 9.17) is 31.0 Å². The van der Waals surface area contributed by atoms with Crippen LogP contribution in [0.25, 0.3) is 22.4 Å². The van der Waals surface area contributed by atoms with Crippen molar-refractivity contribution in [3.63, 3.8) is 0 Å². The summed E-state index contributed by atoms with van der Waals surface area (Å²) in [4.78, 5) is 21.0. The zero-order valence-electron chi connectivity index (χ0n) is 20.4. The third kappa shape index (κ3) is 5.73. The maximum atomic E-state index is 6.37. The van der Waals surface area contributed by atoms with E-state index < -0.39 is 0 Å². The first-order valence-corrected chi connectivity index (χ1v) is 12.5. The topological polar surface area (TPSA) is 85.3 Å². The Kier molecular flexibility index (Phi) is 7.55. The molecule has 0 aliphatic carbocycles. The Balaban J connectivity index is 1.46. The van der Waals surface area contributed by atoms with Gasteiger partial charge in [-0.2, -0.15) is 0 Å². The lowest BCUT2D eigenvalue weighted by atomic mass is 10.2. The Morgan fingerprint density at radius 2 is 1.83 bits per heavy atom. The van der Waals surface area contributed by atoms with Gasteiger partial charge in [0.25, 0.3) is 0 Å². The molecule has 0 spiro atoms. The van der Waals surface area contributed by atoms with Crippen LogP contribution in [0.4, 0.5) is 17.2 Å². The summed E-state index contributed by atoms with van der Waals surface area (Å²) in [5, 5.41) is 4.80. The molecule has 0 saturated carbocycles. The number of ether oxygens (including phenoxy) is 2. The summed E-state index contributed by atoms with van der Waals surface area (Å²) in [6.07, 6.45) is 1.70. The van der Waals surface area contributed by atoms with Gasteiger partial charge in [-0.1, -0.05) is 25.4 Å². The summed E-state index contributed by atoms with van der Waals surface area (Å²) in [7, 11) is 0. The van der Waals surface area contributed by atoms with Crippen molar-refractivity contribution in [2.45, 2.75) is 20.5 Å². The molecule has 186 valence electrons. The fourth-order valence-electron chi connectivity index (χ4n) is 4.02. The first-order chi connectivity index (χ1) is 17.6. The minimum Gasteiger partial charge on any atom is -0.378 e. The van der Waals surface area contributed by atoms with Crippen LogP contribution in [0, 0.1) is 5.92 Å². The van der Waals surface area contributed by atoms with E-state index in [9.17, 15) is 0 Å². The second-order valence-corrected chi connectivity index (χ2v) is 9.48. The summed E-state index contributed by atoms with van der Waals surface area (Å²) in [6, 6.07) is 15.8. The number of nitrogens with zero attached hydrogens (tertiary/aromatic N) is 5. The molecule has 1 aliphatic rings. The average Bonchev–Trinajstić information content (AvgIpc) is 2.89. The van der Waals surface area contributed by atoms with Crippen molar-refractivity contribution < 1.29 is 9.47 Å². The van der Waals surface area contributed by atoms with Crippen molar-refractivity contribution in [3.05, 3.63) is 65.6 Å². The van der Waals surface area contributed by atoms with Gasteiger partial charge in [-0.15, -0.1) is 0 Å². The molecular formula is C27H29ClN6O2. The smallest absolute Gasteiger partial charge is 0.165 e. The van der Waals surface area contributed by atoms with Gasteiger partial charge >= 0.3 is 0 Å². The summed E-state index contributed by atoms with van der Waals surface area (Å²) in [6.45, 7) is 8.47. The Labute approximate surface area is 215 Å². The molecule has 3 aromatic heterocycles. The van der Waals surface area contributed by atoms with E-state index in [0.717, 1.165) is 37.4 Å². The second-order valence-electron chi connectivity index (χ2n) is 9.07. The molecule has 0 bridgehead atoms. The predicted molar refractivity (Wildman–Crippen MR) is 143 cm³/mol. The average molecular weight is 505 g/mol. The van der Waals surface area contributed by atoms with Crippen molar-refractivity contribution in [2.24, 2.45) is 5.92 Å². The van der Waals surface area contributed by atoms with Crippen LogP contribution in [0.3, 0.4) is 0 Å². The number of benzene rings is 1. The zero-order valence-corrected chi connectivity index (χ0v) is 21.2. The van der Waals surface area contributed by atoms with E-state index in [1.54, 1.807) is 18.3 Å². The van der Waals surface area contributed by atoms with Gasteiger partial charge < -0.3 is 19.7 Å². The highest BCUT2D eigenvalue weighted by molar-refractivity contribution is 6.32. The highest BCUT2D eigenvalue weighted by Crippen LogP contribution is 2.29. The molecule has 5 rings (SSSR count). The zero-order chi connectivity index (χ0) is 24.9. The van der Waals surface area contributed by atoms with Gasteiger partial charge in [0.15, 0.2) is 11.5 Å². The predicted octanol–water partition coefficient (Wildman–Crippen LogP) is 5.49. The van der Waals surface area contributed by atoms with E-state index in [1.807, 2.05) is 12.1 Å². The maximum absolute atomic E-state index is 6.37. The highest BCUT2D eigenvalue weighted by Gasteiger charge is 2.15. The molecular weight excluding hydrogens is 476 g/mol. The number of hydrogen-bond donors (Lipinski definition) is 1. The quantitative estimate of drug-likeness (QED) is 0.337. The van der Waals surface area contributed by atoms with E-state index >= 15 is 0 Å². The van der Waals surface area contributed by atoms with Crippen molar-refractivity contribution in [3.8, 4) is 11.4 Å². The molecule has 0 atom stereocenters. The summed E-state index contributed by atoms with van der Waals surface area (Å²) >= 11 is 6.37. The van der Waals surface area contributed by atoms with Crippen molar-refractivity contribution in [1.82, 2.24) is 19.9 Å². The van der Waals surface area contributed by atoms with Gasteiger partial charge in [-0.3, -0.25) is 4.98 Å². The number of pyridine rings is 2. The SMILES string of the molecule is CC(C)COCc1nc(Nc2ccc(N3CCOCC3)cc2)c2ccc(-c3ncccc3Cl)nc2n1. The lowest BCUT2D eigenvalue weighted by Crippen LogP contribution is -2.36. The van der Waals surface area contributed by atoms with E-state index in [-0.39, 0.29) is 0 Å². The summed E-state index contributed by atoms with van der Waals surface area (Å²) < 4.78 is 11.3. The van der Waals surface area contributed by atoms with Gasteiger partial charge in [0.2, 0.25) is 0 Å². The Morgan fingerprint density at radius 3 is 2.58 bits per heavy atom. The van der Waals surface area contributed by atoms with Gasteiger partial charge in [-0.05, 0) is 54.4 Å². The van der Waals surface area contributed by atoms with Crippen LogP contribution in [0.15, 0.2) is 54.7 Å². The first-order valence-electron chi connectivity index (χ1n) is 12.1. The summed E-state index contributed by atoms with van der Waals surface area (Å²) in [5.74, 6) is 1.66. The number of aromatic nitrogens is 4. The van der Waals surface area contributed by atoms with Gasteiger partial charge in [0, 0.05) is 37.3 Å². The number of nitrogens with one attached hydrogen (secondary N) is 1. The van der Waals surface area contributed by atoms with Crippen LogP contribution in [0.2, 0.25) is 5.02 Å². The molecule has 4 aromatic rings. The fourth-order valence-corrected chi connectivity index (χ4v) is 4.24. The van der Waals surface area contributed by atoms with Gasteiger partial charge in [0.05, 0.1) is 29.3 Å². The molecule has 0 radical (unpaired) electrons. The van der Waals surface area contributed by atoms with Crippen LogP contribution in [0.1, 0.15) is 19.7 Å². The van der Waals surface area contributed by atoms with Crippen LogP contribution < -0.4 is 10.2 Å². The normalized spacial score (nSPS) is 13.9. The number of morpholine rings is 1. The van der Waals surface area contributed by atoms with Gasteiger partial charge in [-0.25, -0.2) is 15.0 Å². The number of anilines is 3. The van der Waals surface area contributed by atoms with Crippen LogP contribution in [-0.2, 0) is 16.1 Å². The van der Waals surface area contributed by atoms with E-state index in [2.05, 4.69) is 58.3 Å². The molecule has 1 aliphatic heterocycles. The standard InChI is InChI=1S/C27H29ClN6O2/c1-18(2)16-36-17-24-32-26(30-19-5-7-20(8-6-19)34-12-14-35-15-13-34)21-9-10-23(31-27(21)33-24)25-22(28)4-3-11-29-25/h3-11,18H,12-17H2,1-2H3,(H,30,31,32,33). The van der Waals surface area contributed by atoms with Crippen molar-refractivity contribution in [1.29, 1.82) is 0 Å². The minimum atomic E-state index is 0.301. The molecule has 36 heavy (non-hydrogen) atoms. The molecule has 1 fully saturated rings. The summed E-state index contributed by atoms with van der Waals surface area (Å²) in [5.41, 5.74) is 3.93. The minimum absolute atomic E-state index is 0.301. The maximum Gasteiger partial charge on any atom is 0.165 e. The van der Waals surface area contributed by atoms with Gasteiger partial charge in [0.1, 0.15) is 18.1 Å². The third-order valence-electron chi connectivity index (χ3n) is 5.80. The molecule has 4 heterocycles. The number of hydrogen-bond acceptors (Lipinski definition) is 8. The van der Waals surface area contributed by atoms with Crippen molar-refractivity contribution in [2.75, 3.05) is 43.1 Å². The Morgan fingerprint density at radius 1 is 1.03 bits per heavy atom. The molecule has 8 nitrogen and oxygen atoms in total. The Bertz CT molecular complexity index is 1330. The molecule has 1 N–H and O–H groups in total. The molecule has 0 amide bonds. The fraction of sp³-hybridized carbons (Fsp3) is 0.333. The van der Waals surface area contributed by atoms with E-state index in [0.29, 0.717) is 52.8 Å². The molecule has 1 aromatic carbocycles. The first kappa shape index (κ1) is 24.4. The molecule has 1 saturated heterocycles. The second kappa shape index (κ2) is 11.2. The Hall–Kier alpha value is -3.33. The molecule has 9 heteroatoms. The lowest BCUT2D eigenvalue weighted by molar-refractivity contribution is 0.0925. The largest absolute Gasteiger partial charge is 0.378 e. The van der Waals surface area contributed by atoms with Crippen LogP contribution in [-0.4, -0.2) is 52.8 Å². The monoisotopic (exact) mass is 504 g/mol. The number of rotatable bonds is 8. The lowest BCUT2D eigenvalue weighted by Gasteiger charge is -2.28. The number of halogens is 1. The number of fused-ring (bicyclic) bond motifs is 1.